The largest absolute Gasteiger partial charge is 0.303 e. The Balaban J connectivity index is 1.42. The van der Waals surface area contributed by atoms with Gasteiger partial charge in [0, 0.05) is 28.3 Å². The summed E-state index contributed by atoms with van der Waals surface area (Å²) in [6.07, 6.45) is 0. The van der Waals surface area contributed by atoms with Crippen molar-refractivity contribution in [2.45, 2.75) is 6.54 Å². The lowest BCUT2D eigenvalue weighted by Crippen LogP contribution is -2.29. The first-order valence-corrected chi connectivity index (χ1v) is 13.2. The van der Waals surface area contributed by atoms with Gasteiger partial charge >= 0.3 is 5.91 Å². The number of rotatable bonds is 3. The Morgan fingerprint density at radius 2 is 1.23 bits per heavy atom. The fourth-order valence-electron chi connectivity index (χ4n) is 4.75. The van der Waals surface area contributed by atoms with Gasteiger partial charge < -0.3 is 0 Å². The molecule has 0 fully saturated rings. The molecule has 0 saturated carbocycles. The van der Waals surface area contributed by atoms with Crippen LogP contribution in [0.4, 0.5) is 5.69 Å². The molecule has 188 valence electrons. The van der Waals surface area contributed by atoms with Crippen molar-refractivity contribution in [3.05, 3.63) is 162 Å². The molecule has 2 nitrogen and oxygen atoms in total. The fourth-order valence-corrected chi connectivity index (χ4v) is 4.75. The predicted octanol–water partition coefficient (Wildman–Crippen LogP) is 7.98. The molecule has 2 heteroatoms. The zero-order chi connectivity index (χ0) is 27.1. The van der Waals surface area contributed by atoms with Crippen molar-refractivity contribution >= 4 is 33.1 Å². The number of carbonyl (C=O) groups excluding carboxylic acids is 1. The third-order valence-electron chi connectivity index (χ3n) is 6.81. The van der Waals surface area contributed by atoms with Crippen LogP contribution in [0.1, 0.15) is 22.3 Å². The van der Waals surface area contributed by atoms with E-state index in [1.54, 1.807) is 4.90 Å². The van der Waals surface area contributed by atoms with Crippen molar-refractivity contribution in [1.82, 2.24) is 0 Å². The van der Waals surface area contributed by atoms with E-state index in [2.05, 4.69) is 35.8 Å². The highest BCUT2D eigenvalue weighted by Gasteiger charge is 2.15. The first-order valence-electron chi connectivity index (χ1n) is 13.2. The van der Waals surface area contributed by atoms with E-state index in [1.165, 1.54) is 0 Å². The van der Waals surface area contributed by atoms with E-state index >= 15 is 0 Å². The molecule has 0 aliphatic heterocycles. The Labute approximate surface area is 234 Å². The molecule has 0 spiro atoms. The molecule has 0 aliphatic rings. The van der Waals surface area contributed by atoms with E-state index in [0.29, 0.717) is 6.54 Å². The molecular weight excluding hydrogens is 486 g/mol. The molecule has 0 radical (unpaired) electrons. The summed E-state index contributed by atoms with van der Waals surface area (Å²) in [5.74, 6) is 12.4. The van der Waals surface area contributed by atoms with Crippen molar-refractivity contribution in [2.75, 3.05) is 4.90 Å². The van der Waals surface area contributed by atoms with Crippen molar-refractivity contribution in [3.63, 3.8) is 0 Å². The van der Waals surface area contributed by atoms with E-state index in [1.807, 2.05) is 127 Å². The van der Waals surface area contributed by atoms with Gasteiger partial charge in [-0.25, -0.2) is 0 Å². The van der Waals surface area contributed by atoms with Crippen LogP contribution in [-0.4, -0.2) is 5.91 Å². The monoisotopic (exact) mass is 511 g/mol. The second kappa shape index (κ2) is 11.4. The van der Waals surface area contributed by atoms with Crippen LogP contribution in [0.5, 0.6) is 0 Å². The predicted molar refractivity (Wildman–Crippen MR) is 165 cm³/mol. The van der Waals surface area contributed by atoms with Crippen LogP contribution >= 0.6 is 0 Å². The maximum Gasteiger partial charge on any atom is 0.303 e. The molecule has 0 saturated heterocycles. The Morgan fingerprint density at radius 1 is 0.575 bits per heavy atom. The summed E-state index contributed by atoms with van der Waals surface area (Å²) in [6, 6.07) is 46.2. The quantitative estimate of drug-likeness (QED) is 0.221. The molecule has 0 atom stereocenters. The van der Waals surface area contributed by atoms with Crippen LogP contribution in [0.15, 0.2) is 140 Å². The first-order chi connectivity index (χ1) is 19.7. The molecule has 6 aromatic rings. The molecule has 0 bridgehead atoms. The topological polar surface area (TPSA) is 20.3 Å². The van der Waals surface area contributed by atoms with Crippen molar-refractivity contribution < 1.29 is 4.79 Å². The Bertz CT molecular complexity index is 1950. The maximum absolute atomic E-state index is 13.8. The normalized spacial score (nSPS) is 10.3. The lowest BCUT2D eigenvalue weighted by atomic mass is 9.99. The number of hydrogen-bond donors (Lipinski definition) is 0. The number of hydrogen-bond acceptors (Lipinski definition) is 1. The third-order valence-corrected chi connectivity index (χ3v) is 6.81. The van der Waals surface area contributed by atoms with Crippen LogP contribution in [0, 0.1) is 23.7 Å². The van der Waals surface area contributed by atoms with Gasteiger partial charge in [-0.15, -0.1) is 0 Å². The highest BCUT2D eigenvalue weighted by Crippen LogP contribution is 2.25. The number of carbonyl (C=O) groups is 1. The summed E-state index contributed by atoms with van der Waals surface area (Å²) < 4.78 is 0. The highest BCUT2D eigenvalue weighted by atomic mass is 16.2. The van der Waals surface area contributed by atoms with Crippen LogP contribution < -0.4 is 4.90 Å². The SMILES string of the molecule is O=C(C#Cc1c(C#Cc2ccccc2)ccc2ccccc12)N(Cc1ccccc1)c1ccc2ccccc2c1. The van der Waals surface area contributed by atoms with Crippen LogP contribution in [-0.2, 0) is 11.3 Å². The molecule has 40 heavy (non-hydrogen) atoms. The van der Waals surface area contributed by atoms with E-state index in [0.717, 1.165) is 49.5 Å². The van der Waals surface area contributed by atoms with Crippen LogP contribution in [0.25, 0.3) is 21.5 Å². The van der Waals surface area contributed by atoms with Gasteiger partial charge in [0.15, 0.2) is 0 Å². The lowest BCUT2D eigenvalue weighted by Gasteiger charge is -2.21. The van der Waals surface area contributed by atoms with Gasteiger partial charge in [0.25, 0.3) is 0 Å². The molecule has 6 rings (SSSR count). The fraction of sp³-hybridized carbons (Fsp3) is 0.0263. The van der Waals surface area contributed by atoms with Gasteiger partial charge in [-0.05, 0) is 57.4 Å². The second-order valence-corrected chi connectivity index (χ2v) is 9.48. The number of anilines is 1. The van der Waals surface area contributed by atoms with Gasteiger partial charge in [0.05, 0.1) is 6.54 Å². The standard InChI is InChI=1S/C38H25NO/c40-38(39(28-30-13-5-2-6-14-30)35-24-23-31-15-7-8-17-34(31)27-35)26-25-37-33(20-19-29-11-3-1-4-12-29)22-21-32-16-9-10-18-36(32)37/h1-18,21-24,27H,28H2. The van der Waals surface area contributed by atoms with Gasteiger partial charge in [0.2, 0.25) is 0 Å². The van der Waals surface area contributed by atoms with Gasteiger partial charge in [-0.3, -0.25) is 9.69 Å². The van der Waals surface area contributed by atoms with Gasteiger partial charge in [0.1, 0.15) is 0 Å². The molecular formula is C38H25NO. The number of benzene rings is 6. The minimum Gasteiger partial charge on any atom is -0.297 e. The summed E-state index contributed by atoms with van der Waals surface area (Å²) in [7, 11) is 0. The average Bonchev–Trinajstić information content (AvgIpc) is 3.02. The summed E-state index contributed by atoms with van der Waals surface area (Å²) in [6.45, 7) is 0.420. The Morgan fingerprint density at radius 3 is 2.02 bits per heavy atom. The molecule has 0 N–H and O–H groups in total. The number of fused-ring (bicyclic) bond motifs is 2. The molecule has 0 aliphatic carbocycles. The smallest absolute Gasteiger partial charge is 0.297 e. The Hall–Kier alpha value is -5.57. The molecule has 6 aromatic carbocycles. The minimum atomic E-state index is -0.269. The van der Waals surface area contributed by atoms with Crippen molar-refractivity contribution in [1.29, 1.82) is 0 Å². The number of nitrogens with zero attached hydrogens (tertiary/aromatic N) is 1. The lowest BCUT2D eigenvalue weighted by molar-refractivity contribution is -0.113. The van der Waals surface area contributed by atoms with Crippen molar-refractivity contribution in [2.24, 2.45) is 0 Å². The molecule has 0 unspecified atom stereocenters. The van der Waals surface area contributed by atoms with Gasteiger partial charge in [-0.1, -0.05) is 127 Å². The Kier molecular flexibility index (Phi) is 7.08. The number of amides is 1. The van der Waals surface area contributed by atoms with Gasteiger partial charge in [-0.2, -0.15) is 0 Å². The van der Waals surface area contributed by atoms with E-state index in [4.69, 9.17) is 0 Å². The van der Waals surface area contributed by atoms with Crippen LogP contribution in [0.3, 0.4) is 0 Å². The summed E-state index contributed by atoms with van der Waals surface area (Å²) in [4.78, 5) is 15.5. The van der Waals surface area contributed by atoms with Crippen molar-refractivity contribution in [3.8, 4) is 23.7 Å². The molecule has 0 aromatic heterocycles. The molecule has 1 amide bonds. The first kappa shape index (κ1) is 24.7. The van der Waals surface area contributed by atoms with E-state index < -0.39 is 0 Å². The van der Waals surface area contributed by atoms with E-state index in [-0.39, 0.29) is 5.91 Å². The minimum absolute atomic E-state index is 0.269. The van der Waals surface area contributed by atoms with Crippen LogP contribution in [0.2, 0.25) is 0 Å². The molecule has 0 heterocycles. The van der Waals surface area contributed by atoms with E-state index in [9.17, 15) is 4.79 Å². The summed E-state index contributed by atoms with van der Waals surface area (Å²) in [5, 5.41) is 4.23. The third kappa shape index (κ3) is 5.48. The summed E-state index contributed by atoms with van der Waals surface area (Å²) in [5.41, 5.74) is 4.32. The second-order valence-electron chi connectivity index (χ2n) is 9.48. The zero-order valence-corrected chi connectivity index (χ0v) is 21.8. The summed E-state index contributed by atoms with van der Waals surface area (Å²) >= 11 is 0. The average molecular weight is 512 g/mol. The highest BCUT2D eigenvalue weighted by molar-refractivity contribution is 6.07. The zero-order valence-electron chi connectivity index (χ0n) is 21.8. The maximum atomic E-state index is 13.8.